The van der Waals surface area contributed by atoms with Crippen LogP contribution < -0.4 is 5.32 Å². The fourth-order valence-electron chi connectivity index (χ4n) is 3.26. The van der Waals surface area contributed by atoms with Gasteiger partial charge in [0.1, 0.15) is 0 Å². The molecule has 0 radical (unpaired) electrons. The first kappa shape index (κ1) is 15.1. The molecule has 1 fully saturated rings. The molecule has 1 aromatic heterocycles. The molecule has 1 atom stereocenters. The van der Waals surface area contributed by atoms with Crippen LogP contribution in [0.15, 0.2) is 24.3 Å². The summed E-state index contributed by atoms with van der Waals surface area (Å²) in [5.74, 6) is -0.647. The number of hydrogen-bond acceptors (Lipinski definition) is 4. The smallest absolute Gasteiger partial charge is 0.339 e. The number of fused-ring (bicyclic) bond motifs is 2. The van der Waals surface area contributed by atoms with Gasteiger partial charge in [-0.3, -0.25) is 9.78 Å². The molecule has 0 unspecified atom stereocenters. The monoisotopic (exact) mass is 324 g/mol. The van der Waals surface area contributed by atoms with Crippen molar-refractivity contribution in [3.8, 4) is 0 Å². The van der Waals surface area contributed by atoms with Crippen LogP contribution in [-0.2, 0) is 22.4 Å². The zero-order valence-corrected chi connectivity index (χ0v) is 13.7. The van der Waals surface area contributed by atoms with Crippen LogP contribution in [0.25, 0.3) is 10.9 Å². The summed E-state index contributed by atoms with van der Waals surface area (Å²) in [7, 11) is 0. The molecular formula is C19H20N2O3. The molecule has 0 saturated heterocycles. The number of rotatable bonds is 4. The molecule has 0 spiro atoms. The maximum atomic E-state index is 12.8. The molecule has 4 rings (SSSR count). The number of pyridine rings is 1. The number of carbonyl (C=O) groups excluding carboxylic acids is 2. The molecule has 1 amide bonds. The van der Waals surface area contributed by atoms with Gasteiger partial charge in [-0.2, -0.15) is 0 Å². The number of benzene rings is 1. The number of hydrogen-bond donors (Lipinski definition) is 1. The SMILES string of the molecule is C[C@H](OC(=O)c1c2c(nc3ccccc13)CCC2)C(=O)NC1CC1. The fraction of sp³-hybridized carbons (Fsp3) is 0.421. The van der Waals surface area contributed by atoms with Gasteiger partial charge in [0.2, 0.25) is 0 Å². The van der Waals surface area contributed by atoms with Crippen LogP contribution in [0.1, 0.15) is 47.8 Å². The minimum atomic E-state index is -0.790. The standard InChI is InChI=1S/C19H20N2O3/c1-11(18(22)20-12-9-10-12)24-19(23)17-13-5-2-3-7-15(13)21-16-8-4-6-14(16)17/h2-3,5,7,11-12H,4,6,8-10H2,1H3,(H,20,22)/t11-/m0/s1. The van der Waals surface area contributed by atoms with Crippen LogP contribution in [-0.4, -0.2) is 29.0 Å². The molecule has 1 saturated carbocycles. The molecule has 5 heteroatoms. The van der Waals surface area contributed by atoms with Gasteiger partial charge < -0.3 is 10.1 Å². The van der Waals surface area contributed by atoms with Crippen molar-refractivity contribution >= 4 is 22.8 Å². The number of esters is 1. The number of para-hydroxylation sites is 1. The maximum Gasteiger partial charge on any atom is 0.339 e. The van der Waals surface area contributed by atoms with Crippen LogP contribution in [0.3, 0.4) is 0 Å². The highest BCUT2D eigenvalue weighted by Crippen LogP contribution is 2.30. The summed E-state index contributed by atoms with van der Waals surface area (Å²) in [6.45, 7) is 1.62. The third-order valence-corrected chi connectivity index (χ3v) is 4.70. The first-order chi connectivity index (χ1) is 11.6. The summed E-state index contributed by atoms with van der Waals surface area (Å²) in [4.78, 5) is 29.5. The molecule has 0 bridgehead atoms. The zero-order valence-electron chi connectivity index (χ0n) is 13.7. The number of amides is 1. The van der Waals surface area contributed by atoms with Crippen LogP contribution >= 0.6 is 0 Å². The van der Waals surface area contributed by atoms with Crippen LogP contribution in [0, 0.1) is 0 Å². The van der Waals surface area contributed by atoms with E-state index in [1.165, 1.54) is 0 Å². The van der Waals surface area contributed by atoms with Crippen molar-refractivity contribution in [3.63, 3.8) is 0 Å². The second-order valence-corrected chi connectivity index (χ2v) is 6.61. The molecule has 1 aromatic carbocycles. The highest BCUT2D eigenvalue weighted by molar-refractivity contribution is 6.06. The van der Waals surface area contributed by atoms with E-state index in [4.69, 9.17) is 4.74 Å². The lowest BCUT2D eigenvalue weighted by Crippen LogP contribution is -2.37. The Labute approximate surface area is 140 Å². The Kier molecular flexibility index (Phi) is 3.71. The fourth-order valence-corrected chi connectivity index (χ4v) is 3.26. The molecule has 2 aromatic rings. The number of aryl methyl sites for hydroxylation is 1. The Balaban J connectivity index is 1.65. The number of carbonyl (C=O) groups is 2. The first-order valence-electron chi connectivity index (χ1n) is 8.55. The van der Waals surface area contributed by atoms with Crippen molar-refractivity contribution in [1.82, 2.24) is 10.3 Å². The molecule has 2 aliphatic carbocycles. The van der Waals surface area contributed by atoms with Gasteiger partial charge in [0.25, 0.3) is 5.91 Å². The topological polar surface area (TPSA) is 68.3 Å². The third kappa shape index (κ3) is 2.75. The lowest BCUT2D eigenvalue weighted by atomic mass is 10.0. The van der Waals surface area contributed by atoms with Gasteiger partial charge in [0.05, 0.1) is 11.1 Å². The van der Waals surface area contributed by atoms with Crippen LogP contribution in [0.4, 0.5) is 0 Å². The van der Waals surface area contributed by atoms with Crippen LogP contribution in [0.5, 0.6) is 0 Å². The highest BCUT2D eigenvalue weighted by atomic mass is 16.5. The molecular weight excluding hydrogens is 304 g/mol. The summed E-state index contributed by atoms with van der Waals surface area (Å²) < 4.78 is 5.48. The zero-order chi connectivity index (χ0) is 16.7. The summed E-state index contributed by atoms with van der Waals surface area (Å²) in [5, 5.41) is 3.68. The second-order valence-electron chi connectivity index (χ2n) is 6.61. The molecule has 124 valence electrons. The molecule has 2 aliphatic rings. The van der Waals surface area contributed by atoms with Crippen molar-refractivity contribution in [2.75, 3.05) is 0 Å². The number of ether oxygens (including phenoxy) is 1. The van der Waals surface area contributed by atoms with E-state index < -0.39 is 12.1 Å². The summed E-state index contributed by atoms with van der Waals surface area (Å²) in [5.41, 5.74) is 3.35. The number of nitrogens with zero attached hydrogens (tertiary/aromatic N) is 1. The third-order valence-electron chi connectivity index (χ3n) is 4.70. The van der Waals surface area contributed by atoms with Gasteiger partial charge in [0, 0.05) is 17.1 Å². The predicted octanol–water partition coefficient (Wildman–Crippen LogP) is 2.55. The van der Waals surface area contributed by atoms with Crippen LogP contribution in [0.2, 0.25) is 0 Å². The number of aromatic nitrogens is 1. The first-order valence-corrected chi connectivity index (χ1v) is 8.55. The van der Waals surface area contributed by atoms with Gasteiger partial charge in [0.15, 0.2) is 6.10 Å². The summed E-state index contributed by atoms with van der Waals surface area (Å²) >= 11 is 0. The van der Waals surface area contributed by atoms with Gasteiger partial charge in [-0.15, -0.1) is 0 Å². The van der Waals surface area contributed by atoms with E-state index in [1.54, 1.807) is 6.92 Å². The Morgan fingerprint density at radius 3 is 2.83 bits per heavy atom. The van der Waals surface area contributed by atoms with Gasteiger partial charge in [-0.1, -0.05) is 18.2 Å². The normalized spacial score (nSPS) is 17.4. The molecule has 5 nitrogen and oxygen atoms in total. The Morgan fingerprint density at radius 1 is 1.25 bits per heavy atom. The Hall–Kier alpha value is -2.43. The van der Waals surface area contributed by atoms with E-state index in [9.17, 15) is 9.59 Å². The lowest BCUT2D eigenvalue weighted by molar-refractivity contribution is -0.129. The number of nitrogens with one attached hydrogen (secondary N) is 1. The predicted molar refractivity (Wildman–Crippen MR) is 89.8 cm³/mol. The van der Waals surface area contributed by atoms with Gasteiger partial charge in [-0.05, 0) is 50.7 Å². The van der Waals surface area contributed by atoms with Gasteiger partial charge in [-0.25, -0.2) is 4.79 Å². The highest BCUT2D eigenvalue weighted by Gasteiger charge is 2.29. The average molecular weight is 324 g/mol. The van der Waals surface area contributed by atoms with E-state index >= 15 is 0 Å². The van der Waals surface area contributed by atoms with Crippen molar-refractivity contribution in [3.05, 3.63) is 41.1 Å². The van der Waals surface area contributed by atoms with E-state index in [0.717, 1.165) is 54.3 Å². The largest absolute Gasteiger partial charge is 0.449 e. The van der Waals surface area contributed by atoms with Crippen molar-refractivity contribution in [2.24, 2.45) is 0 Å². The quantitative estimate of drug-likeness (QED) is 0.878. The average Bonchev–Trinajstić information content (AvgIpc) is 3.27. The molecule has 24 heavy (non-hydrogen) atoms. The minimum absolute atomic E-state index is 0.221. The van der Waals surface area contributed by atoms with Crippen molar-refractivity contribution in [1.29, 1.82) is 0 Å². The minimum Gasteiger partial charge on any atom is -0.449 e. The van der Waals surface area contributed by atoms with E-state index in [2.05, 4.69) is 10.3 Å². The second kappa shape index (κ2) is 5.89. The summed E-state index contributed by atoms with van der Waals surface area (Å²) in [6, 6.07) is 7.87. The maximum absolute atomic E-state index is 12.8. The van der Waals surface area contributed by atoms with Gasteiger partial charge >= 0.3 is 5.97 Å². The van der Waals surface area contributed by atoms with Crippen molar-refractivity contribution < 1.29 is 14.3 Å². The molecule has 0 aliphatic heterocycles. The van der Waals surface area contributed by atoms with E-state index in [1.807, 2.05) is 24.3 Å². The molecule has 1 N–H and O–H groups in total. The lowest BCUT2D eigenvalue weighted by Gasteiger charge is -2.16. The van der Waals surface area contributed by atoms with Crippen molar-refractivity contribution in [2.45, 2.75) is 51.2 Å². The Morgan fingerprint density at radius 2 is 2.04 bits per heavy atom. The Bertz CT molecular complexity index is 827. The molecule has 1 heterocycles. The van der Waals surface area contributed by atoms with E-state index in [-0.39, 0.29) is 11.9 Å². The van der Waals surface area contributed by atoms with E-state index in [0.29, 0.717) is 5.56 Å². The summed E-state index contributed by atoms with van der Waals surface area (Å²) in [6.07, 6.45) is 3.95.